The van der Waals surface area contributed by atoms with E-state index in [9.17, 15) is 4.79 Å². The Kier molecular flexibility index (Phi) is 2.47. The fourth-order valence-electron chi connectivity index (χ4n) is 4.53. The molecule has 1 nitrogen and oxygen atoms in total. The molecule has 0 saturated heterocycles. The Labute approximate surface area is 139 Å². The molecule has 0 amide bonds. The van der Waals surface area contributed by atoms with Gasteiger partial charge in [0.15, 0.2) is 0 Å². The van der Waals surface area contributed by atoms with E-state index in [4.69, 9.17) is 11.6 Å². The summed E-state index contributed by atoms with van der Waals surface area (Å²) in [5.74, 6) is 0.177. The van der Waals surface area contributed by atoms with Gasteiger partial charge in [0.25, 0.3) is 0 Å². The first kappa shape index (κ1) is 13.1. The largest absolute Gasteiger partial charge is 0.280 e. The first-order valence-corrected chi connectivity index (χ1v) is 8.12. The molecule has 3 aromatic rings. The lowest BCUT2D eigenvalue weighted by molar-refractivity contribution is -0.114. The smallest absolute Gasteiger partial charge is 0.241 e. The van der Waals surface area contributed by atoms with Crippen LogP contribution in [0, 0.1) is 0 Å². The third kappa shape index (κ3) is 1.37. The molecular weight excluding hydrogens is 304 g/mol. The molecule has 0 aliphatic heterocycles. The topological polar surface area (TPSA) is 17.1 Å². The summed E-state index contributed by atoms with van der Waals surface area (Å²) < 4.78 is 0. The summed E-state index contributed by atoms with van der Waals surface area (Å²) >= 11 is 6.28. The van der Waals surface area contributed by atoms with E-state index in [1.165, 1.54) is 16.7 Å². The average molecular weight is 317 g/mol. The number of hydrogen-bond acceptors (Lipinski definition) is 1. The summed E-state index contributed by atoms with van der Waals surface area (Å²) in [7, 11) is 0. The SMILES string of the molecule is O=C(Cl)C12c3ccccc3C(c3ccccc31)c1ccccc12. The van der Waals surface area contributed by atoms with E-state index < -0.39 is 5.41 Å². The second-order valence-electron chi connectivity index (χ2n) is 6.22. The van der Waals surface area contributed by atoms with Crippen LogP contribution in [0.25, 0.3) is 0 Å². The van der Waals surface area contributed by atoms with Crippen LogP contribution in [-0.4, -0.2) is 5.24 Å². The predicted molar refractivity (Wildman–Crippen MR) is 91.0 cm³/mol. The van der Waals surface area contributed by atoms with Crippen molar-refractivity contribution in [1.82, 2.24) is 0 Å². The lowest BCUT2D eigenvalue weighted by atomic mass is 9.53. The molecule has 110 valence electrons. The number of carbonyl (C=O) groups is 1. The summed E-state index contributed by atoms with van der Waals surface area (Å²) in [4.78, 5) is 12.8. The second-order valence-corrected chi connectivity index (χ2v) is 6.56. The average Bonchev–Trinajstić information content (AvgIpc) is 2.61. The van der Waals surface area contributed by atoms with Crippen LogP contribution in [0.3, 0.4) is 0 Å². The van der Waals surface area contributed by atoms with Crippen molar-refractivity contribution in [2.45, 2.75) is 11.3 Å². The number of carbonyl (C=O) groups excluding carboxylic acids is 1. The van der Waals surface area contributed by atoms with Crippen molar-refractivity contribution < 1.29 is 4.79 Å². The van der Waals surface area contributed by atoms with Gasteiger partial charge in [0.2, 0.25) is 5.24 Å². The maximum absolute atomic E-state index is 12.8. The zero-order valence-corrected chi connectivity index (χ0v) is 13.0. The van der Waals surface area contributed by atoms with E-state index in [0.29, 0.717) is 0 Å². The van der Waals surface area contributed by atoms with Crippen LogP contribution in [0.1, 0.15) is 39.3 Å². The van der Waals surface area contributed by atoms with Crippen molar-refractivity contribution in [2.24, 2.45) is 0 Å². The normalized spacial score (nSPS) is 22.9. The van der Waals surface area contributed by atoms with E-state index in [0.717, 1.165) is 16.7 Å². The number of rotatable bonds is 1. The van der Waals surface area contributed by atoms with Crippen LogP contribution < -0.4 is 0 Å². The Morgan fingerprint density at radius 2 is 1.04 bits per heavy atom. The lowest BCUT2D eigenvalue weighted by Gasteiger charge is -2.48. The van der Waals surface area contributed by atoms with Gasteiger partial charge < -0.3 is 0 Å². The van der Waals surface area contributed by atoms with E-state index in [1.807, 2.05) is 36.4 Å². The third-order valence-corrected chi connectivity index (χ3v) is 5.61. The lowest BCUT2D eigenvalue weighted by Crippen LogP contribution is -2.46. The third-order valence-electron chi connectivity index (χ3n) is 5.32. The quantitative estimate of drug-likeness (QED) is 0.600. The molecule has 0 unspecified atom stereocenters. The first-order valence-electron chi connectivity index (χ1n) is 7.74. The Morgan fingerprint density at radius 1 is 0.696 bits per heavy atom. The van der Waals surface area contributed by atoms with E-state index >= 15 is 0 Å². The van der Waals surface area contributed by atoms with Gasteiger partial charge in [-0.25, -0.2) is 0 Å². The van der Waals surface area contributed by atoms with Gasteiger partial charge in [-0.1, -0.05) is 72.8 Å². The van der Waals surface area contributed by atoms with E-state index in [-0.39, 0.29) is 11.2 Å². The maximum atomic E-state index is 12.8. The maximum Gasteiger partial charge on any atom is 0.241 e. The van der Waals surface area contributed by atoms with Crippen LogP contribution in [-0.2, 0) is 10.2 Å². The second kappa shape index (κ2) is 4.33. The molecule has 3 aliphatic carbocycles. The van der Waals surface area contributed by atoms with Gasteiger partial charge >= 0.3 is 0 Å². The van der Waals surface area contributed by atoms with Gasteiger partial charge in [-0.2, -0.15) is 0 Å². The molecule has 0 radical (unpaired) electrons. The van der Waals surface area contributed by atoms with E-state index in [2.05, 4.69) is 36.4 Å². The van der Waals surface area contributed by atoms with Gasteiger partial charge in [-0.3, -0.25) is 4.79 Å². The molecule has 2 bridgehead atoms. The van der Waals surface area contributed by atoms with Crippen LogP contribution >= 0.6 is 11.6 Å². The van der Waals surface area contributed by atoms with Crippen LogP contribution in [0.5, 0.6) is 0 Å². The Morgan fingerprint density at radius 3 is 1.39 bits per heavy atom. The van der Waals surface area contributed by atoms with Gasteiger partial charge in [-0.15, -0.1) is 0 Å². The van der Waals surface area contributed by atoms with Gasteiger partial charge in [0.1, 0.15) is 5.41 Å². The number of halogens is 1. The minimum absolute atomic E-state index is 0.177. The summed E-state index contributed by atoms with van der Waals surface area (Å²) in [6.07, 6.45) is 0. The predicted octanol–water partition coefficient (Wildman–Crippen LogP) is 4.59. The summed E-state index contributed by atoms with van der Waals surface area (Å²) in [5.41, 5.74) is 5.78. The number of hydrogen-bond donors (Lipinski definition) is 0. The van der Waals surface area contributed by atoms with Crippen molar-refractivity contribution in [3.05, 3.63) is 106 Å². The van der Waals surface area contributed by atoms with Crippen LogP contribution in [0.4, 0.5) is 0 Å². The Bertz CT molecular complexity index is 857. The van der Waals surface area contributed by atoms with Crippen molar-refractivity contribution in [2.75, 3.05) is 0 Å². The molecule has 0 aromatic heterocycles. The van der Waals surface area contributed by atoms with Crippen LogP contribution in [0.2, 0.25) is 0 Å². The molecule has 2 heteroatoms. The Hall–Kier alpha value is -2.38. The van der Waals surface area contributed by atoms with Gasteiger partial charge in [-0.05, 0) is 45.0 Å². The zero-order valence-electron chi connectivity index (χ0n) is 12.3. The molecule has 0 saturated carbocycles. The van der Waals surface area contributed by atoms with Crippen molar-refractivity contribution in [3.8, 4) is 0 Å². The number of benzene rings is 3. The minimum Gasteiger partial charge on any atom is -0.280 e. The fraction of sp³-hybridized carbons (Fsp3) is 0.0952. The highest BCUT2D eigenvalue weighted by Gasteiger charge is 2.55. The highest BCUT2D eigenvalue weighted by Crippen LogP contribution is 2.59. The molecule has 6 rings (SSSR count). The summed E-state index contributed by atoms with van der Waals surface area (Å²) in [6.45, 7) is 0. The monoisotopic (exact) mass is 316 g/mol. The molecule has 3 aromatic carbocycles. The highest BCUT2D eigenvalue weighted by molar-refractivity contribution is 6.66. The zero-order chi connectivity index (χ0) is 15.6. The highest BCUT2D eigenvalue weighted by atomic mass is 35.5. The molecule has 0 heterocycles. The summed E-state index contributed by atoms with van der Waals surface area (Å²) in [5, 5.41) is -0.331. The standard InChI is InChI=1S/C21H13ClO/c22-20(23)21-16-10-4-1-7-13(16)19(14-8-2-5-11-17(14)21)15-9-3-6-12-18(15)21/h1-12,19H. The van der Waals surface area contributed by atoms with Crippen molar-refractivity contribution >= 4 is 16.8 Å². The molecule has 0 spiro atoms. The molecule has 0 N–H and O–H groups in total. The van der Waals surface area contributed by atoms with Gasteiger partial charge in [0.05, 0.1) is 0 Å². The fourth-order valence-corrected chi connectivity index (χ4v) is 4.83. The molecule has 0 atom stereocenters. The van der Waals surface area contributed by atoms with Gasteiger partial charge in [0, 0.05) is 5.92 Å². The van der Waals surface area contributed by atoms with Crippen LogP contribution in [0.15, 0.2) is 72.8 Å². The molecule has 0 fully saturated rings. The van der Waals surface area contributed by atoms with Crippen molar-refractivity contribution in [1.29, 1.82) is 0 Å². The molecule has 23 heavy (non-hydrogen) atoms. The van der Waals surface area contributed by atoms with Crippen molar-refractivity contribution in [3.63, 3.8) is 0 Å². The summed E-state index contributed by atoms with van der Waals surface area (Å²) in [6, 6.07) is 24.6. The molecule has 3 aliphatic rings. The Balaban J connectivity index is 2.04. The minimum atomic E-state index is -0.889. The first-order chi connectivity index (χ1) is 11.3. The van der Waals surface area contributed by atoms with E-state index in [1.54, 1.807) is 0 Å². The molecular formula is C21H13ClO.